The Balaban J connectivity index is 1.54. The molecular formula is C21H26N4OS. The molecule has 0 spiro atoms. The minimum atomic E-state index is 0.0838. The maximum atomic E-state index is 12.8. The van der Waals surface area contributed by atoms with Crippen LogP contribution in [0.5, 0.6) is 0 Å². The number of likely N-dealkylation sites (tertiary alicyclic amines) is 1. The number of amides is 1. The molecule has 6 heteroatoms. The van der Waals surface area contributed by atoms with Crippen molar-refractivity contribution in [3.05, 3.63) is 54.4 Å². The van der Waals surface area contributed by atoms with Gasteiger partial charge in [-0.2, -0.15) is 5.10 Å². The minimum Gasteiger partial charge on any atom is -0.336 e. The summed E-state index contributed by atoms with van der Waals surface area (Å²) in [6.07, 6.45) is 10.2. The molecule has 0 aliphatic carbocycles. The standard InChI is InChI=1S/C21H26N4OS/c1-3-17-9-7-8-14-23(17)20(26)13-12-19-15-24(18-10-5-4-6-11-18)21-25(19)22-16(2)27-21/h4-6,10-13,15,17,21H,3,7-9,14H2,1-2H3/b13-12+. The lowest BCUT2D eigenvalue weighted by Gasteiger charge is -2.34. The number of anilines is 1. The van der Waals surface area contributed by atoms with Crippen LogP contribution in [0.1, 0.15) is 39.5 Å². The lowest BCUT2D eigenvalue weighted by atomic mass is 10.00. The highest BCUT2D eigenvalue weighted by Crippen LogP contribution is 2.40. The van der Waals surface area contributed by atoms with E-state index < -0.39 is 0 Å². The summed E-state index contributed by atoms with van der Waals surface area (Å²) in [5.74, 6) is 0.115. The number of rotatable bonds is 4. The van der Waals surface area contributed by atoms with Crippen LogP contribution in [-0.2, 0) is 4.79 Å². The Morgan fingerprint density at radius 3 is 2.89 bits per heavy atom. The van der Waals surface area contributed by atoms with Crippen LogP contribution < -0.4 is 4.90 Å². The first kappa shape index (κ1) is 18.2. The van der Waals surface area contributed by atoms with Gasteiger partial charge in [0.05, 0.1) is 10.7 Å². The highest BCUT2D eigenvalue weighted by molar-refractivity contribution is 8.14. The first-order valence-corrected chi connectivity index (χ1v) is 10.6. The Kier molecular flexibility index (Phi) is 5.25. The van der Waals surface area contributed by atoms with Gasteiger partial charge in [-0.05, 0) is 50.8 Å². The van der Waals surface area contributed by atoms with Crippen LogP contribution in [-0.4, -0.2) is 38.9 Å². The van der Waals surface area contributed by atoms with E-state index >= 15 is 0 Å². The highest BCUT2D eigenvalue weighted by Gasteiger charge is 2.37. The van der Waals surface area contributed by atoms with Crippen molar-refractivity contribution in [2.75, 3.05) is 11.4 Å². The molecule has 1 saturated heterocycles. The van der Waals surface area contributed by atoms with Crippen LogP contribution >= 0.6 is 11.8 Å². The molecule has 1 fully saturated rings. The average Bonchev–Trinajstić information content (AvgIpc) is 3.24. The van der Waals surface area contributed by atoms with Crippen molar-refractivity contribution in [2.45, 2.75) is 51.1 Å². The largest absolute Gasteiger partial charge is 0.336 e. The number of benzene rings is 1. The predicted octanol–water partition coefficient (Wildman–Crippen LogP) is 4.36. The molecule has 0 aromatic heterocycles. The van der Waals surface area contributed by atoms with Gasteiger partial charge in [-0.1, -0.05) is 36.9 Å². The van der Waals surface area contributed by atoms with E-state index in [9.17, 15) is 4.79 Å². The fraction of sp³-hybridized carbons (Fsp3) is 0.429. The molecular weight excluding hydrogens is 356 g/mol. The number of carbonyl (C=O) groups is 1. The molecule has 3 aliphatic rings. The summed E-state index contributed by atoms with van der Waals surface area (Å²) in [4.78, 5) is 17.0. The Morgan fingerprint density at radius 2 is 2.11 bits per heavy atom. The monoisotopic (exact) mass is 382 g/mol. The molecule has 142 valence electrons. The van der Waals surface area contributed by atoms with Crippen LogP contribution in [0, 0.1) is 0 Å². The van der Waals surface area contributed by atoms with Gasteiger partial charge in [-0.25, -0.2) is 5.01 Å². The number of fused-ring (bicyclic) bond motifs is 1. The van der Waals surface area contributed by atoms with Crippen molar-refractivity contribution in [3.8, 4) is 0 Å². The van der Waals surface area contributed by atoms with Crippen molar-refractivity contribution in [1.29, 1.82) is 0 Å². The second-order valence-corrected chi connectivity index (χ2v) is 8.38. The van der Waals surface area contributed by atoms with Crippen LogP contribution in [0.2, 0.25) is 0 Å². The third kappa shape index (κ3) is 3.63. The fourth-order valence-electron chi connectivity index (χ4n) is 3.94. The maximum Gasteiger partial charge on any atom is 0.246 e. The first-order valence-electron chi connectivity index (χ1n) is 9.72. The van der Waals surface area contributed by atoms with E-state index in [0.717, 1.165) is 42.2 Å². The lowest BCUT2D eigenvalue weighted by Crippen LogP contribution is -2.42. The van der Waals surface area contributed by atoms with Crippen LogP contribution in [0.3, 0.4) is 0 Å². The second kappa shape index (κ2) is 7.80. The molecule has 0 bridgehead atoms. The third-order valence-corrected chi connectivity index (χ3v) is 6.40. The zero-order valence-electron chi connectivity index (χ0n) is 15.9. The highest BCUT2D eigenvalue weighted by atomic mass is 32.2. The zero-order valence-corrected chi connectivity index (χ0v) is 16.7. The first-order chi connectivity index (χ1) is 13.2. The summed E-state index contributed by atoms with van der Waals surface area (Å²) in [6.45, 7) is 5.06. The lowest BCUT2D eigenvalue weighted by molar-refractivity contribution is -0.129. The minimum absolute atomic E-state index is 0.0838. The third-order valence-electron chi connectivity index (χ3n) is 5.34. The number of thioether (sulfide) groups is 1. The molecule has 2 unspecified atom stereocenters. The molecule has 5 nitrogen and oxygen atoms in total. The molecule has 3 heterocycles. The summed E-state index contributed by atoms with van der Waals surface area (Å²) in [7, 11) is 0. The van der Waals surface area contributed by atoms with Gasteiger partial charge in [0.25, 0.3) is 0 Å². The van der Waals surface area contributed by atoms with E-state index in [2.05, 4.69) is 35.3 Å². The second-order valence-electron chi connectivity index (χ2n) is 7.13. The van der Waals surface area contributed by atoms with E-state index in [4.69, 9.17) is 0 Å². The number of piperidine rings is 1. The van der Waals surface area contributed by atoms with E-state index in [0.29, 0.717) is 6.04 Å². The topological polar surface area (TPSA) is 39.2 Å². The molecule has 0 radical (unpaired) electrons. The Labute approximate surface area is 165 Å². The number of nitrogens with zero attached hydrogens (tertiary/aromatic N) is 4. The van der Waals surface area contributed by atoms with Gasteiger partial charge in [-0.15, -0.1) is 0 Å². The smallest absolute Gasteiger partial charge is 0.246 e. The number of hydrazone groups is 1. The van der Waals surface area contributed by atoms with Crippen LogP contribution in [0.4, 0.5) is 5.69 Å². The van der Waals surface area contributed by atoms with Crippen molar-refractivity contribution in [1.82, 2.24) is 9.91 Å². The Hall–Kier alpha value is -2.21. The molecule has 3 aliphatic heterocycles. The van der Waals surface area contributed by atoms with Crippen molar-refractivity contribution >= 4 is 28.4 Å². The number of para-hydroxylation sites is 1. The Morgan fingerprint density at radius 1 is 1.30 bits per heavy atom. The van der Waals surface area contributed by atoms with E-state index in [-0.39, 0.29) is 11.4 Å². The summed E-state index contributed by atoms with van der Waals surface area (Å²) in [5, 5.41) is 7.70. The van der Waals surface area contributed by atoms with Gasteiger partial charge in [0.15, 0.2) is 5.50 Å². The normalized spacial score (nSPS) is 25.0. The average molecular weight is 383 g/mol. The quantitative estimate of drug-likeness (QED) is 0.725. The molecule has 27 heavy (non-hydrogen) atoms. The van der Waals surface area contributed by atoms with Gasteiger partial charge in [0.2, 0.25) is 5.91 Å². The summed E-state index contributed by atoms with van der Waals surface area (Å²) in [5.41, 5.74) is 2.16. The van der Waals surface area contributed by atoms with Gasteiger partial charge >= 0.3 is 0 Å². The molecule has 1 aromatic carbocycles. The van der Waals surface area contributed by atoms with Crippen molar-refractivity contribution < 1.29 is 4.79 Å². The van der Waals surface area contributed by atoms with Crippen LogP contribution in [0.15, 0.2) is 59.5 Å². The zero-order chi connectivity index (χ0) is 18.8. The molecule has 0 saturated carbocycles. The van der Waals surface area contributed by atoms with E-state index in [1.54, 1.807) is 17.8 Å². The Bertz CT molecular complexity index is 789. The molecule has 0 N–H and O–H groups in total. The van der Waals surface area contributed by atoms with Gasteiger partial charge < -0.3 is 9.80 Å². The van der Waals surface area contributed by atoms with E-state index in [1.165, 1.54) is 6.42 Å². The predicted molar refractivity (Wildman–Crippen MR) is 112 cm³/mol. The van der Waals surface area contributed by atoms with Crippen LogP contribution in [0.25, 0.3) is 0 Å². The van der Waals surface area contributed by atoms with Crippen molar-refractivity contribution in [2.24, 2.45) is 5.10 Å². The summed E-state index contributed by atoms with van der Waals surface area (Å²) in [6, 6.07) is 10.7. The van der Waals surface area contributed by atoms with Gasteiger partial charge in [-0.3, -0.25) is 4.79 Å². The maximum absolute atomic E-state index is 12.8. The number of hydrogen-bond donors (Lipinski definition) is 0. The molecule has 2 atom stereocenters. The SMILES string of the molecule is CCC1CCCCN1C(=O)/C=C/C1=CN(c2ccccc2)C2SC(C)=NN12. The van der Waals surface area contributed by atoms with E-state index in [1.807, 2.05) is 41.1 Å². The fourth-order valence-corrected chi connectivity index (χ4v) is 4.95. The number of carbonyl (C=O) groups excluding carboxylic acids is 1. The molecule has 1 aromatic rings. The van der Waals surface area contributed by atoms with Gasteiger partial charge in [0, 0.05) is 30.5 Å². The molecule has 4 rings (SSSR count). The molecule has 1 amide bonds. The number of hydrogen-bond acceptors (Lipinski definition) is 5. The summed E-state index contributed by atoms with van der Waals surface area (Å²) < 4.78 is 0. The summed E-state index contributed by atoms with van der Waals surface area (Å²) >= 11 is 1.73. The van der Waals surface area contributed by atoms with Gasteiger partial charge in [0.1, 0.15) is 0 Å². The number of allylic oxidation sites excluding steroid dienone is 1. The van der Waals surface area contributed by atoms with Crippen molar-refractivity contribution in [3.63, 3.8) is 0 Å².